The van der Waals surface area contributed by atoms with Crippen molar-refractivity contribution in [3.63, 3.8) is 0 Å². The van der Waals surface area contributed by atoms with Crippen LogP contribution in [0.2, 0.25) is 0 Å². The van der Waals surface area contributed by atoms with E-state index in [4.69, 9.17) is 19.9 Å². The topological polar surface area (TPSA) is 103 Å². The number of rotatable bonds is 10. The van der Waals surface area contributed by atoms with Gasteiger partial charge < -0.3 is 25.3 Å². The molecular formula is C23H29N3O5. The molecule has 1 heterocycles. The summed E-state index contributed by atoms with van der Waals surface area (Å²) in [5.74, 6) is -0.0904. The molecule has 2 aromatic rings. The van der Waals surface area contributed by atoms with Gasteiger partial charge in [-0.05, 0) is 43.6 Å². The van der Waals surface area contributed by atoms with Crippen molar-refractivity contribution in [2.24, 2.45) is 5.73 Å². The standard InChI is InChI=1S/C23H29N3O5/c1-29-19-12-17(13-20(30-2)22(19)31-15-21(24)27)23(28)25-14-18(26-10-6-7-11-26)16-8-4-3-5-9-16/h3-5,8-9,12-13,18H,6-7,10-11,14-15H2,1-2H3,(H2,24,27)(H,25,28). The van der Waals surface area contributed by atoms with E-state index >= 15 is 0 Å². The Bertz CT molecular complexity index is 872. The molecule has 0 aliphatic carbocycles. The zero-order valence-electron chi connectivity index (χ0n) is 17.9. The smallest absolute Gasteiger partial charge is 0.255 e. The number of carbonyl (C=O) groups excluding carboxylic acids is 2. The molecule has 166 valence electrons. The van der Waals surface area contributed by atoms with Gasteiger partial charge in [0.05, 0.1) is 20.3 Å². The predicted molar refractivity (Wildman–Crippen MR) is 117 cm³/mol. The highest BCUT2D eigenvalue weighted by molar-refractivity contribution is 5.95. The molecule has 8 nitrogen and oxygen atoms in total. The van der Waals surface area contributed by atoms with Gasteiger partial charge in [0.15, 0.2) is 18.1 Å². The summed E-state index contributed by atoms with van der Waals surface area (Å²) < 4.78 is 16.1. The van der Waals surface area contributed by atoms with Crippen LogP contribution in [0.15, 0.2) is 42.5 Å². The summed E-state index contributed by atoms with van der Waals surface area (Å²) in [6.45, 7) is 2.19. The zero-order valence-corrected chi connectivity index (χ0v) is 17.9. The Morgan fingerprint density at radius 1 is 1.06 bits per heavy atom. The molecule has 0 bridgehead atoms. The maximum atomic E-state index is 13.0. The van der Waals surface area contributed by atoms with E-state index < -0.39 is 5.91 Å². The molecule has 1 aliphatic rings. The average Bonchev–Trinajstić information content (AvgIpc) is 3.32. The molecule has 0 spiro atoms. The Labute approximate surface area is 182 Å². The fourth-order valence-corrected chi connectivity index (χ4v) is 3.77. The van der Waals surface area contributed by atoms with E-state index in [1.165, 1.54) is 32.6 Å². The van der Waals surface area contributed by atoms with Gasteiger partial charge in [0, 0.05) is 12.1 Å². The number of hydrogen-bond acceptors (Lipinski definition) is 6. The molecular weight excluding hydrogens is 398 g/mol. The van der Waals surface area contributed by atoms with E-state index in [0.29, 0.717) is 12.1 Å². The molecule has 1 atom stereocenters. The van der Waals surface area contributed by atoms with Crippen molar-refractivity contribution in [1.29, 1.82) is 0 Å². The summed E-state index contributed by atoms with van der Waals surface area (Å²) >= 11 is 0. The SMILES string of the molecule is COc1cc(C(=O)NCC(c2ccccc2)N2CCCC2)cc(OC)c1OCC(N)=O. The highest BCUT2D eigenvalue weighted by atomic mass is 16.5. The third-order valence-corrected chi connectivity index (χ3v) is 5.30. The third-order valence-electron chi connectivity index (χ3n) is 5.30. The Kier molecular flexibility index (Phi) is 7.72. The van der Waals surface area contributed by atoms with E-state index in [1.807, 2.05) is 18.2 Å². The average molecular weight is 428 g/mol. The molecule has 1 aliphatic heterocycles. The number of ether oxygens (including phenoxy) is 3. The highest BCUT2D eigenvalue weighted by Gasteiger charge is 2.25. The number of nitrogens with one attached hydrogen (secondary N) is 1. The number of nitrogens with two attached hydrogens (primary N) is 1. The van der Waals surface area contributed by atoms with Crippen molar-refractivity contribution >= 4 is 11.8 Å². The normalized spacial score (nSPS) is 14.6. The monoisotopic (exact) mass is 427 g/mol. The maximum Gasteiger partial charge on any atom is 0.255 e. The first-order chi connectivity index (χ1) is 15.0. The van der Waals surface area contributed by atoms with Crippen LogP contribution >= 0.6 is 0 Å². The fourth-order valence-electron chi connectivity index (χ4n) is 3.77. The van der Waals surface area contributed by atoms with Crippen molar-refractivity contribution in [1.82, 2.24) is 10.2 Å². The van der Waals surface area contributed by atoms with Gasteiger partial charge in [-0.25, -0.2) is 0 Å². The van der Waals surface area contributed by atoms with Crippen molar-refractivity contribution in [2.75, 3.05) is 40.5 Å². The first kappa shape index (κ1) is 22.4. The first-order valence-electron chi connectivity index (χ1n) is 10.3. The summed E-state index contributed by atoms with van der Waals surface area (Å²) in [5, 5.41) is 3.04. The molecule has 3 rings (SSSR count). The summed E-state index contributed by atoms with van der Waals surface area (Å²) in [5.41, 5.74) is 6.70. The zero-order chi connectivity index (χ0) is 22.2. The van der Waals surface area contributed by atoms with Gasteiger partial charge >= 0.3 is 0 Å². The van der Waals surface area contributed by atoms with E-state index in [1.54, 1.807) is 12.1 Å². The Morgan fingerprint density at radius 2 is 1.68 bits per heavy atom. The van der Waals surface area contributed by atoms with Gasteiger partial charge in [-0.15, -0.1) is 0 Å². The second kappa shape index (κ2) is 10.7. The lowest BCUT2D eigenvalue weighted by atomic mass is 10.1. The molecule has 0 saturated carbocycles. The fraction of sp³-hybridized carbons (Fsp3) is 0.391. The lowest BCUT2D eigenvalue weighted by Gasteiger charge is -2.28. The van der Waals surface area contributed by atoms with Crippen LogP contribution in [0.3, 0.4) is 0 Å². The van der Waals surface area contributed by atoms with Crippen molar-refractivity contribution in [3.8, 4) is 17.2 Å². The summed E-state index contributed by atoms with van der Waals surface area (Å²) in [4.78, 5) is 26.4. The number of carbonyl (C=O) groups is 2. The Balaban J connectivity index is 1.77. The van der Waals surface area contributed by atoms with Crippen LogP contribution < -0.4 is 25.3 Å². The quantitative estimate of drug-likeness (QED) is 0.602. The van der Waals surface area contributed by atoms with Crippen molar-refractivity contribution < 1.29 is 23.8 Å². The van der Waals surface area contributed by atoms with Gasteiger partial charge in [-0.3, -0.25) is 14.5 Å². The largest absolute Gasteiger partial charge is 0.493 e. The van der Waals surface area contributed by atoms with Gasteiger partial charge in [0.2, 0.25) is 5.75 Å². The number of nitrogens with zero attached hydrogens (tertiary/aromatic N) is 1. The van der Waals surface area contributed by atoms with Gasteiger partial charge in [0.25, 0.3) is 11.8 Å². The Morgan fingerprint density at radius 3 is 2.23 bits per heavy atom. The summed E-state index contributed by atoms with van der Waals surface area (Å²) in [6, 6.07) is 13.4. The number of methoxy groups -OCH3 is 2. The van der Waals surface area contributed by atoms with Crippen LogP contribution in [0.5, 0.6) is 17.2 Å². The third kappa shape index (κ3) is 5.67. The number of likely N-dealkylation sites (tertiary alicyclic amines) is 1. The number of amides is 2. The van der Waals surface area contributed by atoms with Crippen molar-refractivity contribution in [3.05, 3.63) is 53.6 Å². The molecule has 0 radical (unpaired) electrons. The molecule has 1 fully saturated rings. The second-order valence-corrected chi connectivity index (χ2v) is 7.34. The molecule has 1 saturated heterocycles. The number of hydrogen-bond donors (Lipinski definition) is 2. The first-order valence-corrected chi connectivity index (χ1v) is 10.3. The van der Waals surface area contributed by atoms with E-state index in [-0.39, 0.29) is 35.8 Å². The molecule has 0 aromatic heterocycles. The van der Waals surface area contributed by atoms with Gasteiger partial charge in [-0.1, -0.05) is 30.3 Å². The van der Waals surface area contributed by atoms with Crippen LogP contribution in [0.4, 0.5) is 0 Å². The number of benzene rings is 2. The molecule has 2 amide bonds. The minimum Gasteiger partial charge on any atom is -0.493 e. The maximum absolute atomic E-state index is 13.0. The van der Waals surface area contributed by atoms with Crippen LogP contribution in [-0.2, 0) is 4.79 Å². The highest BCUT2D eigenvalue weighted by Crippen LogP contribution is 2.38. The minimum absolute atomic E-state index is 0.106. The number of primary amides is 1. The van der Waals surface area contributed by atoms with Crippen LogP contribution in [0.1, 0.15) is 34.8 Å². The summed E-state index contributed by atoms with van der Waals surface area (Å²) in [7, 11) is 2.90. The van der Waals surface area contributed by atoms with Crippen LogP contribution in [0.25, 0.3) is 0 Å². The second-order valence-electron chi connectivity index (χ2n) is 7.34. The van der Waals surface area contributed by atoms with Crippen LogP contribution in [-0.4, -0.2) is 57.2 Å². The summed E-state index contributed by atoms with van der Waals surface area (Å²) in [6.07, 6.45) is 2.33. The molecule has 2 aromatic carbocycles. The van der Waals surface area contributed by atoms with Crippen LogP contribution in [0, 0.1) is 0 Å². The van der Waals surface area contributed by atoms with Gasteiger partial charge in [-0.2, -0.15) is 0 Å². The molecule has 1 unspecified atom stereocenters. The minimum atomic E-state index is -0.625. The lowest BCUT2D eigenvalue weighted by molar-refractivity contribution is -0.120. The predicted octanol–water partition coefficient (Wildman–Crippen LogP) is 2.13. The van der Waals surface area contributed by atoms with E-state index in [2.05, 4.69) is 22.3 Å². The van der Waals surface area contributed by atoms with E-state index in [9.17, 15) is 9.59 Å². The lowest BCUT2D eigenvalue weighted by Crippen LogP contribution is -2.36. The van der Waals surface area contributed by atoms with Crippen molar-refractivity contribution in [2.45, 2.75) is 18.9 Å². The molecule has 31 heavy (non-hydrogen) atoms. The molecule has 3 N–H and O–H groups in total. The molecule has 8 heteroatoms. The Hall–Kier alpha value is -3.26. The van der Waals surface area contributed by atoms with E-state index in [0.717, 1.165) is 13.1 Å². The van der Waals surface area contributed by atoms with Gasteiger partial charge in [0.1, 0.15) is 0 Å².